The van der Waals surface area contributed by atoms with Gasteiger partial charge in [0.05, 0.1) is 6.61 Å². The van der Waals surface area contributed by atoms with Gasteiger partial charge < -0.3 is 4.74 Å². The molecule has 3 nitrogen and oxygen atoms in total. The first-order valence-corrected chi connectivity index (χ1v) is 7.57. The van der Waals surface area contributed by atoms with Crippen LogP contribution in [0.5, 0.6) is 5.75 Å². The van der Waals surface area contributed by atoms with Gasteiger partial charge in [0.15, 0.2) is 0 Å². The number of pyridine rings is 1. The molecule has 1 aromatic heterocycles. The van der Waals surface area contributed by atoms with Crippen LogP contribution in [0.15, 0.2) is 42.6 Å². The average Bonchev–Trinajstić information content (AvgIpc) is 2.95. The van der Waals surface area contributed by atoms with Gasteiger partial charge in [0.1, 0.15) is 5.75 Å². The maximum absolute atomic E-state index is 5.56. The topological polar surface area (TPSA) is 25.4 Å². The fourth-order valence-electron chi connectivity index (χ4n) is 2.76. The molecule has 1 aromatic carbocycles. The Labute approximate surface area is 126 Å². The van der Waals surface area contributed by atoms with Gasteiger partial charge in [-0.05, 0) is 43.3 Å². The molecule has 0 saturated carbocycles. The van der Waals surface area contributed by atoms with Crippen molar-refractivity contribution in [3.05, 3.63) is 59.4 Å². The molecule has 1 aliphatic heterocycles. The summed E-state index contributed by atoms with van der Waals surface area (Å²) in [5.41, 5.74) is 3.85. The normalized spacial score (nSPS) is 14.8. The van der Waals surface area contributed by atoms with E-state index >= 15 is 0 Å². The highest BCUT2D eigenvalue weighted by Gasteiger charge is 2.15. The predicted molar refractivity (Wildman–Crippen MR) is 84.5 cm³/mol. The molecule has 0 N–H and O–H groups in total. The third-order valence-electron chi connectivity index (χ3n) is 4.17. The van der Waals surface area contributed by atoms with E-state index in [2.05, 4.69) is 54.2 Å². The Bertz CT molecular complexity index is 597. The number of hydrogen-bond acceptors (Lipinski definition) is 3. The highest BCUT2D eigenvalue weighted by atomic mass is 16.5. The Balaban J connectivity index is 1.61. The Morgan fingerprint density at radius 1 is 1.29 bits per heavy atom. The molecule has 0 amide bonds. The first-order chi connectivity index (χ1) is 10.2. The van der Waals surface area contributed by atoms with Gasteiger partial charge in [0, 0.05) is 37.3 Å². The van der Waals surface area contributed by atoms with Gasteiger partial charge in [0.2, 0.25) is 0 Å². The number of likely N-dealkylation sites (N-methyl/N-ethyl adjacent to an activating group) is 1. The molecule has 0 bridgehead atoms. The second-order valence-corrected chi connectivity index (χ2v) is 5.83. The molecule has 3 rings (SSSR count). The summed E-state index contributed by atoms with van der Waals surface area (Å²) >= 11 is 0. The van der Waals surface area contributed by atoms with Crippen LogP contribution in [-0.4, -0.2) is 29.6 Å². The van der Waals surface area contributed by atoms with Gasteiger partial charge in [0.25, 0.3) is 0 Å². The van der Waals surface area contributed by atoms with E-state index in [-0.39, 0.29) is 0 Å². The van der Waals surface area contributed by atoms with Crippen LogP contribution in [0.25, 0.3) is 0 Å². The van der Waals surface area contributed by atoms with Gasteiger partial charge in [-0.25, -0.2) is 0 Å². The molecule has 0 unspecified atom stereocenters. The number of rotatable bonds is 5. The minimum atomic E-state index is 0.462. The Kier molecular flexibility index (Phi) is 4.20. The zero-order chi connectivity index (χ0) is 14.7. The smallest absolute Gasteiger partial charge is 0.122 e. The third kappa shape index (κ3) is 3.42. The molecule has 1 atom stereocenters. The van der Waals surface area contributed by atoms with Crippen LogP contribution in [0, 0.1) is 0 Å². The molecular formula is C18H22N2O. The van der Waals surface area contributed by atoms with Crippen molar-refractivity contribution in [1.82, 2.24) is 9.88 Å². The van der Waals surface area contributed by atoms with Gasteiger partial charge in [-0.15, -0.1) is 0 Å². The zero-order valence-electron chi connectivity index (χ0n) is 12.7. The van der Waals surface area contributed by atoms with Crippen molar-refractivity contribution >= 4 is 0 Å². The van der Waals surface area contributed by atoms with Crippen molar-refractivity contribution < 1.29 is 4.74 Å². The summed E-state index contributed by atoms with van der Waals surface area (Å²) < 4.78 is 5.56. The van der Waals surface area contributed by atoms with Crippen LogP contribution in [0.4, 0.5) is 0 Å². The molecule has 1 aliphatic rings. The molecule has 0 aliphatic carbocycles. The van der Waals surface area contributed by atoms with Crippen LogP contribution in [0.3, 0.4) is 0 Å². The molecule has 21 heavy (non-hydrogen) atoms. The Morgan fingerprint density at radius 2 is 2.19 bits per heavy atom. The minimum Gasteiger partial charge on any atom is -0.493 e. The largest absolute Gasteiger partial charge is 0.493 e. The summed E-state index contributed by atoms with van der Waals surface area (Å²) in [6, 6.07) is 13.1. The lowest BCUT2D eigenvalue weighted by molar-refractivity contribution is 0.247. The van der Waals surface area contributed by atoms with Crippen LogP contribution >= 0.6 is 0 Å². The maximum atomic E-state index is 5.56. The van der Waals surface area contributed by atoms with E-state index in [1.54, 1.807) is 0 Å². The van der Waals surface area contributed by atoms with Crippen LogP contribution in [0.2, 0.25) is 0 Å². The molecule has 2 heterocycles. The summed E-state index contributed by atoms with van der Waals surface area (Å²) in [5, 5.41) is 0. The predicted octanol–water partition coefficient (Wildman–Crippen LogP) is 3.08. The van der Waals surface area contributed by atoms with Gasteiger partial charge in [-0.3, -0.25) is 9.88 Å². The van der Waals surface area contributed by atoms with E-state index in [0.29, 0.717) is 6.04 Å². The monoisotopic (exact) mass is 282 g/mol. The van der Waals surface area contributed by atoms with Crippen molar-refractivity contribution in [3.63, 3.8) is 0 Å². The number of nitrogens with zero attached hydrogens (tertiary/aromatic N) is 2. The summed E-state index contributed by atoms with van der Waals surface area (Å²) in [6.45, 7) is 4.04. The quantitative estimate of drug-likeness (QED) is 0.842. The van der Waals surface area contributed by atoms with Crippen molar-refractivity contribution in [2.24, 2.45) is 0 Å². The van der Waals surface area contributed by atoms with Crippen molar-refractivity contribution in [1.29, 1.82) is 0 Å². The molecule has 0 saturated heterocycles. The van der Waals surface area contributed by atoms with E-state index in [4.69, 9.17) is 4.74 Å². The number of fused-ring (bicyclic) bond motifs is 1. The molecular weight excluding hydrogens is 260 g/mol. The van der Waals surface area contributed by atoms with Crippen molar-refractivity contribution in [3.8, 4) is 5.75 Å². The molecule has 0 spiro atoms. The zero-order valence-corrected chi connectivity index (χ0v) is 12.7. The van der Waals surface area contributed by atoms with E-state index < -0.39 is 0 Å². The number of benzene rings is 1. The van der Waals surface area contributed by atoms with E-state index in [1.165, 1.54) is 11.1 Å². The first kappa shape index (κ1) is 14.1. The highest BCUT2D eigenvalue weighted by Crippen LogP contribution is 2.26. The lowest BCUT2D eigenvalue weighted by atomic mass is 10.1. The highest BCUT2D eigenvalue weighted by molar-refractivity contribution is 5.39. The van der Waals surface area contributed by atoms with Gasteiger partial charge in [-0.1, -0.05) is 18.2 Å². The second kappa shape index (κ2) is 6.27. The molecule has 110 valence electrons. The van der Waals surface area contributed by atoms with Gasteiger partial charge in [-0.2, -0.15) is 0 Å². The second-order valence-electron chi connectivity index (χ2n) is 5.83. The standard InChI is InChI=1S/C18H22N2O/c1-14(11-17-5-3-4-9-19-17)20(2)13-15-6-7-18-16(12-15)8-10-21-18/h3-7,9,12,14H,8,10-11,13H2,1-2H3/t14-/m1/s1. The number of ether oxygens (including phenoxy) is 1. The molecule has 2 aromatic rings. The van der Waals surface area contributed by atoms with Gasteiger partial charge >= 0.3 is 0 Å². The first-order valence-electron chi connectivity index (χ1n) is 7.57. The summed E-state index contributed by atoms with van der Waals surface area (Å²) in [5.74, 6) is 1.06. The summed E-state index contributed by atoms with van der Waals surface area (Å²) in [4.78, 5) is 6.79. The minimum absolute atomic E-state index is 0.462. The fourth-order valence-corrected chi connectivity index (χ4v) is 2.76. The van der Waals surface area contributed by atoms with Crippen LogP contribution in [0.1, 0.15) is 23.7 Å². The number of hydrogen-bond donors (Lipinski definition) is 0. The van der Waals surface area contributed by atoms with E-state index in [9.17, 15) is 0 Å². The lowest BCUT2D eigenvalue weighted by Gasteiger charge is -2.24. The SMILES string of the molecule is C[C@H](Cc1ccccn1)N(C)Cc1ccc2c(c1)CCO2. The summed E-state index contributed by atoms with van der Waals surface area (Å²) in [6.07, 6.45) is 3.88. The summed E-state index contributed by atoms with van der Waals surface area (Å²) in [7, 11) is 2.18. The maximum Gasteiger partial charge on any atom is 0.122 e. The Morgan fingerprint density at radius 3 is 3.00 bits per heavy atom. The van der Waals surface area contributed by atoms with Crippen molar-refractivity contribution in [2.45, 2.75) is 32.4 Å². The lowest BCUT2D eigenvalue weighted by Crippen LogP contribution is -2.30. The average molecular weight is 282 g/mol. The fraction of sp³-hybridized carbons (Fsp3) is 0.389. The molecule has 0 fully saturated rings. The van der Waals surface area contributed by atoms with Crippen LogP contribution < -0.4 is 4.74 Å². The molecule has 3 heteroatoms. The molecule has 0 radical (unpaired) electrons. The van der Waals surface area contributed by atoms with Crippen molar-refractivity contribution in [2.75, 3.05) is 13.7 Å². The van der Waals surface area contributed by atoms with E-state index in [1.807, 2.05) is 12.3 Å². The third-order valence-corrected chi connectivity index (χ3v) is 4.17. The number of aromatic nitrogens is 1. The van der Waals surface area contributed by atoms with E-state index in [0.717, 1.165) is 37.4 Å². The Hall–Kier alpha value is -1.87. The van der Waals surface area contributed by atoms with Crippen LogP contribution in [-0.2, 0) is 19.4 Å².